The molecule has 0 aliphatic rings. The Bertz CT molecular complexity index is 849. The average Bonchev–Trinajstić information content (AvgIpc) is 2.62. The molecule has 2 amide bonds. The minimum Gasteiger partial charge on any atom is -0.408 e. The average molecular weight is 370 g/mol. The van der Waals surface area contributed by atoms with E-state index in [9.17, 15) is 9.59 Å². The smallest absolute Gasteiger partial charge is 0.408 e. The Kier molecular flexibility index (Phi) is 6.81. The molecule has 1 aromatic carbocycles. The van der Waals surface area contributed by atoms with Crippen molar-refractivity contribution >= 4 is 35.0 Å². The standard InChI is InChI=1S/C18H22N6O3/c1-4-24(5-2)18(26)27-15-9-7-6-8-13(15)22-23-14-10-11-16(19)21-17(14)20-12(3)25/h6-11H,4-5H2,1-3H3,(H3,19,20,21,25). The first-order valence-electron chi connectivity index (χ1n) is 8.46. The quantitative estimate of drug-likeness (QED) is 0.747. The van der Waals surface area contributed by atoms with Gasteiger partial charge in [0.2, 0.25) is 5.91 Å². The second-order valence-electron chi connectivity index (χ2n) is 5.49. The molecule has 0 aliphatic carbocycles. The number of hydrogen-bond donors (Lipinski definition) is 2. The van der Waals surface area contributed by atoms with E-state index in [1.165, 1.54) is 6.92 Å². The summed E-state index contributed by atoms with van der Waals surface area (Å²) >= 11 is 0. The lowest BCUT2D eigenvalue weighted by Crippen LogP contribution is -2.33. The van der Waals surface area contributed by atoms with Crippen LogP contribution < -0.4 is 15.8 Å². The first-order chi connectivity index (χ1) is 12.9. The topological polar surface area (TPSA) is 122 Å². The Hall–Kier alpha value is -3.49. The van der Waals surface area contributed by atoms with Crippen LogP contribution in [-0.4, -0.2) is 35.0 Å². The van der Waals surface area contributed by atoms with E-state index in [-0.39, 0.29) is 23.3 Å². The molecule has 0 aliphatic heterocycles. The highest BCUT2D eigenvalue weighted by atomic mass is 16.6. The van der Waals surface area contributed by atoms with Crippen LogP contribution >= 0.6 is 0 Å². The number of carbonyl (C=O) groups excluding carboxylic acids is 2. The first kappa shape index (κ1) is 19.8. The van der Waals surface area contributed by atoms with Gasteiger partial charge in [0.1, 0.15) is 17.2 Å². The zero-order valence-electron chi connectivity index (χ0n) is 15.5. The summed E-state index contributed by atoms with van der Waals surface area (Å²) < 4.78 is 5.42. The fourth-order valence-corrected chi connectivity index (χ4v) is 2.18. The second kappa shape index (κ2) is 9.27. The lowest BCUT2D eigenvalue weighted by atomic mass is 10.3. The zero-order chi connectivity index (χ0) is 19.8. The summed E-state index contributed by atoms with van der Waals surface area (Å²) in [6, 6.07) is 9.91. The predicted molar refractivity (Wildman–Crippen MR) is 103 cm³/mol. The molecule has 0 unspecified atom stereocenters. The van der Waals surface area contributed by atoms with Crippen LogP contribution in [0.4, 0.5) is 27.8 Å². The summed E-state index contributed by atoms with van der Waals surface area (Å²) in [5, 5.41) is 10.8. The van der Waals surface area contributed by atoms with Crippen molar-refractivity contribution in [2.75, 3.05) is 24.1 Å². The number of anilines is 2. The molecule has 0 saturated heterocycles. The van der Waals surface area contributed by atoms with Gasteiger partial charge in [-0.1, -0.05) is 12.1 Å². The third-order valence-electron chi connectivity index (χ3n) is 3.54. The molecule has 1 heterocycles. The van der Waals surface area contributed by atoms with Crippen LogP contribution in [0.15, 0.2) is 46.6 Å². The molecule has 0 bridgehead atoms. The molecule has 1 aromatic heterocycles. The van der Waals surface area contributed by atoms with Crippen molar-refractivity contribution in [2.45, 2.75) is 20.8 Å². The van der Waals surface area contributed by atoms with Crippen molar-refractivity contribution in [3.05, 3.63) is 36.4 Å². The van der Waals surface area contributed by atoms with Gasteiger partial charge in [0.25, 0.3) is 0 Å². The summed E-state index contributed by atoms with van der Waals surface area (Å²) in [6.07, 6.45) is -0.462. The fourth-order valence-electron chi connectivity index (χ4n) is 2.18. The Morgan fingerprint density at radius 2 is 1.78 bits per heavy atom. The molecule has 142 valence electrons. The monoisotopic (exact) mass is 370 g/mol. The molecule has 0 saturated carbocycles. The third kappa shape index (κ3) is 5.50. The minimum absolute atomic E-state index is 0.198. The summed E-state index contributed by atoms with van der Waals surface area (Å²) in [5.41, 5.74) is 6.34. The number of nitrogens with zero attached hydrogens (tertiary/aromatic N) is 4. The maximum Gasteiger partial charge on any atom is 0.415 e. The van der Waals surface area contributed by atoms with Crippen molar-refractivity contribution in [1.29, 1.82) is 0 Å². The van der Waals surface area contributed by atoms with E-state index in [1.54, 1.807) is 41.3 Å². The van der Waals surface area contributed by atoms with Crippen molar-refractivity contribution in [3.8, 4) is 5.75 Å². The van der Waals surface area contributed by atoms with Gasteiger partial charge >= 0.3 is 6.09 Å². The van der Waals surface area contributed by atoms with Crippen LogP contribution in [0, 0.1) is 0 Å². The molecular weight excluding hydrogens is 348 g/mol. The van der Waals surface area contributed by atoms with Gasteiger partial charge in [0.05, 0.1) is 0 Å². The third-order valence-corrected chi connectivity index (χ3v) is 3.54. The van der Waals surface area contributed by atoms with Crippen molar-refractivity contribution < 1.29 is 14.3 Å². The molecule has 0 spiro atoms. The lowest BCUT2D eigenvalue weighted by molar-refractivity contribution is -0.114. The van der Waals surface area contributed by atoms with E-state index in [0.29, 0.717) is 24.5 Å². The number of para-hydroxylation sites is 1. The fraction of sp³-hybridized carbons (Fsp3) is 0.278. The lowest BCUT2D eigenvalue weighted by Gasteiger charge is -2.18. The van der Waals surface area contributed by atoms with Gasteiger partial charge in [-0.25, -0.2) is 9.78 Å². The van der Waals surface area contributed by atoms with Gasteiger partial charge in [-0.2, -0.15) is 0 Å². The number of pyridine rings is 1. The van der Waals surface area contributed by atoms with Crippen molar-refractivity contribution in [3.63, 3.8) is 0 Å². The normalized spacial score (nSPS) is 10.6. The Labute approximate surface area is 157 Å². The highest BCUT2D eigenvalue weighted by Crippen LogP contribution is 2.31. The molecule has 9 heteroatoms. The summed E-state index contributed by atoms with van der Waals surface area (Å²) in [4.78, 5) is 29.1. The maximum atomic E-state index is 12.2. The van der Waals surface area contributed by atoms with E-state index < -0.39 is 6.09 Å². The molecule has 0 fully saturated rings. The highest BCUT2D eigenvalue weighted by molar-refractivity contribution is 5.90. The SMILES string of the molecule is CCN(CC)C(=O)Oc1ccccc1N=Nc1ccc(N)nc1NC(C)=O. The minimum atomic E-state index is -0.462. The van der Waals surface area contributed by atoms with Crippen molar-refractivity contribution in [2.24, 2.45) is 10.2 Å². The van der Waals surface area contributed by atoms with E-state index >= 15 is 0 Å². The Morgan fingerprint density at radius 3 is 2.44 bits per heavy atom. The number of nitrogens with two attached hydrogens (primary N) is 1. The molecule has 2 rings (SSSR count). The molecule has 3 N–H and O–H groups in total. The maximum absolute atomic E-state index is 12.2. The van der Waals surface area contributed by atoms with E-state index in [1.807, 2.05) is 13.8 Å². The molecule has 0 radical (unpaired) electrons. The number of hydrogen-bond acceptors (Lipinski definition) is 7. The number of rotatable bonds is 6. The second-order valence-corrected chi connectivity index (χ2v) is 5.49. The van der Waals surface area contributed by atoms with Crippen LogP contribution in [0.1, 0.15) is 20.8 Å². The van der Waals surface area contributed by atoms with Gasteiger partial charge in [0, 0.05) is 20.0 Å². The van der Waals surface area contributed by atoms with Crippen LogP contribution in [-0.2, 0) is 4.79 Å². The largest absolute Gasteiger partial charge is 0.415 e. The van der Waals surface area contributed by atoms with E-state index in [4.69, 9.17) is 10.5 Å². The number of carbonyl (C=O) groups is 2. The first-order valence-corrected chi connectivity index (χ1v) is 8.46. The predicted octanol–water partition coefficient (Wildman–Crippen LogP) is 3.88. The van der Waals surface area contributed by atoms with Crippen LogP contribution in [0.25, 0.3) is 0 Å². The summed E-state index contributed by atoms with van der Waals surface area (Å²) in [5.74, 6) is 0.413. The van der Waals surface area contributed by atoms with Gasteiger partial charge in [-0.05, 0) is 38.1 Å². The van der Waals surface area contributed by atoms with Crippen molar-refractivity contribution in [1.82, 2.24) is 9.88 Å². The number of aromatic nitrogens is 1. The van der Waals surface area contributed by atoms with Gasteiger partial charge in [-0.15, -0.1) is 10.2 Å². The highest BCUT2D eigenvalue weighted by Gasteiger charge is 2.14. The molecule has 27 heavy (non-hydrogen) atoms. The number of amides is 2. The Morgan fingerprint density at radius 1 is 1.11 bits per heavy atom. The molecule has 9 nitrogen and oxygen atoms in total. The van der Waals surface area contributed by atoms with Crippen LogP contribution in [0.2, 0.25) is 0 Å². The van der Waals surface area contributed by atoms with E-state index in [2.05, 4.69) is 20.5 Å². The van der Waals surface area contributed by atoms with Crippen LogP contribution in [0.3, 0.4) is 0 Å². The van der Waals surface area contributed by atoms with Gasteiger partial charge in [-0.3, -0.25) is 4.79 Å². The van der Waals surface area contributed by atoms with Gasteiger partial charge in [0.15, 0.2) is 11.6 Å². The number of benzene rings is 1. The molecule has 0 atom stereocenters. The number of nitrogens with one attached hydrogen (secondary N) is 1. The number of nitrogen functional groups attached to an aromatic ring is 1. The summed E-state index contributed by atoms with van der Waals surface area (Å²) in [7, 11) is 0. The summed E-state index contributed by atoms with van der Waals surface area (Å²) in [6.45, 7) is 6.17. The van der Waals surface area contributed by atoms with Gasteiger partial charge < -0.3 is 20.7 Å². The molecule has 2 aromatic rings. The number of ether oxygens (including phenoxy) is 1. The Balaban J connectivity index is 2.28. The van der Waals surface area contributed by atoms with Crippen LogP contribution in [0.5, 0.6) is 5.75 Å². The molecular formula is C18H22N6O3. The van der Waals surface area contributed by atoms with E-state index in [0.717, 1.165) is 0 Å². The number of azo groups is 1. The zero-order valence-corrected chi connectivity index (χ0v) is 15.5.